The largest absolute Gasteiger partial charge is 0.496 e. The lowest BCUT2D eigenvalue weighted by Crippen LogP contribution is -2.43. The highest BCUT2D eigenvalue weighted by Crippen LogP contribution is 2.42. The van der Waals surface area contributed by atoms with Crippen molar-refractivity contribution >= 4 is 11.8 Å². The molecule has 0 radical (unpaired) electrons. The first-order valence-corrected chi connectivity index (χ1v) is 7.20. The van der Waals surface area contributed by atoms with E-state index in [1.54, 1.807) is 7.11 Å². The van der Waals surface area contributed by atoms with Crippen LogP contribution in [0.4, 0.5) is 0 Å². The van der Waals surface area contributed by atoms with Crippen LogP contribution in [-0.2, 0) is 16.0 Å². The quantitative estimate of drug-likeness (QED) is 0.843. The Morgan fingerprint density at radius 3 is 2.71 bits per heavy atom. The third-order valence-electron chi connectivity index (χ3n) is 4.33. The Balaban J connectivity index is 2.03. The molecule has 1 fully saturated rings. The molecule has 0 aliphatic carbocycles. The van der Waals surface area contributed by atoms with Crippen molar-refractivity contribution in [3.8, 4) is 11.5 Å². The number of nitrogens with one attached hydrogen (secondary N) is 1. The van der Waals surface area contributed by atoms with E-state index in [2.05, 4.69) is 5.32 Å². The number of amides is 2. The highest BCUT2D eigenvalue weighted by atomic mass is 16.5. The minimum Gasteiger partial charge on any atom is -0.496 e. The van der Waals surface area contributed by atoms with E-state index in [4.69, 9.17) is 9.47 Å². The summed E-state index contributed by atoms with van der Waals surface area (Å²) in [6, 6.07) is 3.91. The van der Waals surface area contributed by atoms with Crippen LogP contribution in [0.15, 0.2) is 12.1 Å². The van der Waals surface area contributed by atoms with Gasteiger partial charge in [0.2, 0.25) is 11.8 Å². The molecule has 0 aromatic heterocycles. The van der Waals surface area contributed by atoms with Gasteiger partial charge in [-0.1, -0.05) is 6.92 Å². The highest BCUT2D eigenvalue weighted by molar-refractivity contribution is 5.99. The van der Waals surface area contributed by atoms with Gasteiger partial charge in [0.15, 0.2) is 0 Å². The molecule has 0 spiro atoms. The molecule has 5 nitrogen and oxygen atoms in total. The zero-order chi connectivity index (χ0) is 15.1. The van der Waals surface area contributed by atoms with Crippen LogP contribution in [0.3, 0.4) is 0 Å². The van der Waals surface area contributed by atoms with Crippen LogP contribution >= 0.6 is 0 Å². The second-order valence-electron chi connectivity index (χ2n) is 5.85. The molecule has 21 heavy (non-hydrogen) atoms. The maximum absolute atomic E-state index is 11.9. The van der Waals surface area contributed by atoms with Crippen LogP contribution in [0.2, 0.25) is 0 Å². The molecule has 1 aromatic rings. The molecule has 2 heterocycles. The first kappa shape index (κ1) is 13.9. The molecule has 5 heteroatoms. The molecule has 1 saturated heterocycles. The zero-order valence-corrected chi connectivity index (χ0v) is 12.4. The Morgan fingerprint density at radius 2 is 2.00 bits per heavy atom. The Bertz CT molecular complexity index is 611. The summed E-state index contributed by atoms with van der Waals surface area (Å²) in [7, 11) is 1.61. The van der Waals surface area contributed by atoms with Gasteiger partial charge in [-0.2, -0.15) is 0 Å². The molecule has 112 valence electrons. The first-order chi connectivity index (χ1) is 9.99. The fourth-order valence-corrected chi connectivity index (χ4v) is 3.16. The lowest BCUT2D eigenvalue weighted by atomic mass is 9.80. The van der Waals surface area contributed by atoms with Crippen molar-refractivity contribution < 1.29 is 19.1 Å². The Hall–Kier alpha value is -2.04. The summed E-state index contributed by atoms with van der Waals surface area (Å²) in [6.07, 6.45) is 1.29. The van der Waals surface area contributed by atoms with Crippen molar-refractivity contribution in [2.24, 2.45) is 5.92 Å². The summed E-state index contributed by atoms with van der Waals surface area (Å²) in [5.41, 5.74) is 1.99. The number of piperidine rings is 1. The number of hydrogen-bond donors (Lipinski definition) is 1. The van der Waals surface area contributed by atoms with Gasteiger partial charge in [0.1, 0.15) is 17.6 Å². The second-order valence-corrected chi connectivity index (χ2v) is 5.85. The Morgan fingerprint density at radius 1 is 1.24 bits per heavy atom. The minimum atomic E-state index is -0.270. The molecule has 1 N–H and O–H groups in total. The maximum atomic E-state index is 11.9. The van der Waals surface area contributed by atoms with Gasteiger partial charge < -0.3 is 9.47 Å². The van der Waals surface area contributed by atoms with Crippen molar-refractivity contribution in [2.75, 3.05) is 7.11 Å². The van der Waals surface area contributed by atoms with Gasteiger partial charge in [-0.25, -0.2) is 0 Å². The van der Waals surface area contributed by atoms with Gasteiger partial charge >= 0.3 is 0 Å². The molecular formula is C16H19NO4. The molecule has 2 amide bonds. The molecule has 0 saturated carbocycles. The maximum Gasteiger partial charge on any atom is 0.230 e. The van der Waals surface area contributed by atoms with Gasteiger partial charge in [-0.15, -0.1) is 0 Å². The van der Waals surface area contributed by atoms with E-state index in [9.17, 15) is 9.59 Å². The van der Waals surface area contributed by atoms with E-state index in [1.807, 2.05) is 26.0 Å². The summed E-state index contributed by atoms with van der Waals surface area (Å²) in [5.74, 6) is 0.655. The number of carbonyl (C=O) groups excluding carboxylic acids is 2. The normalized spacial score (nSPS) is 27.9. The van der Waals surface area contributed by atoms with Crippen LogP contribution < -0.4 is 14.8 Å². The van der Waals surface area contributed by atoms with E-state index in [0.717, 1.165) is 29.0 Å². The number of ether oxygens (including phenoxy) is 2. The summed E-state index contributed by atoms with van der Waals surface area (Å²) < 4.78 is 11.3. The van der Waals surface area contributed by atoms with E-state index in [-0.39, 0.29) is 36.2 Å². The molecule has 2 aliphatic rings. The van der Waals surface area contributed by atoms with Crippen LogP contribution in [0, 0.1) is 5.92 Å². The predicted octanol–water partition coefficient (Wildman–Crippen LogP) is 1.78. The smallest absolute Gasteiger partial charge is 0.230 e. The number of hydrogen-bond acceptors (Lipinski definition) is 4. The van der Waals surface area contributed by atoms with Gasteiger partial charge in [0.25, 0.3) is 0 Å². The molecule has 3 unspecified atom stereocenters. The summed E-state index contributed by atoms with van der Waals surface area (Å²) >= 11 is 0. The molecule has 2 aliphatic heterocycles. The van der Waals surface area contributed by atoms with Crippen molar-refractivity contribution in [3.63, 3.8) is 0 Å². The lowest BCUT2D eigenvalue weighted by molar-refractivity contribution is -0.136. The molecule has 3 rings (SSSR count). The average Bonchev–Trinajstić information content (AvgIpc) is 2.80. The number of rotatable bonds is 2. The summed E-state index contributed by atoms with van der Waals surface area (Å²) in [4.78, 5) is 23.6. The Kier molecular flexibility index (Phi) is 3.35. The zero-order valence-electron chi connectivity index (χ0n) is 12.4. The molecule has 1 aromatic carbocycles. The number of benzene rings is 1. The monoisotopic (exact) mass is 289 g/mol. The van der Waals surface area contributed by atoms with Crippen LogP contribution in [0.25, 0.3) is 0 Å². The van der Waals surface area contributed by atoms with Crippen molar-refractivity contribution in [1.29, 1.82) is 0 Å². The predicted molar refractivity (Wildman–Crippen MR) is 76.5 cm³/mol. The average molecular weight is 289 g/mol. The summed E-state index contributed by atoms with van der Waals surface area (Å²) in [6.45, 7) is 3.86. The van der Waals surface area contributed by atoms with E-state index < -0.39 is 0 Å². The number of methoxy groups -OCH3 is 1. The van der Waals surface area contributed by atoms with Gasteiger partial charge in [-0.05, 0) is 19.1 Å². The van der Waals surface area contributed by atoms with E-state index in [0.29, 0.717) is 0 Å². The van der Waals surface area contributed by atoms with Crippen molar-refractivity contribution in [3.05, 3.63) is 23.3 Å². The Labute approximate surface area is 123 Å². The standard InChI is InChI=1S/C16H19NO4/c1-8-4-10-5-14(20-3)12(6-13(10)21-8)11-7-15(18)17-16(19)9(11)2/h5-6,8-9,11H,4,7H2,1-3H3,(H,17,18,19). The van der Waals surface area contributed by atoms with Gasteiger partial charge in [0.05, 0.1) is 7.11 Å². The number of fused-ring (bicyclic) bond motifs is 1. The fraction of sp³-hybridized carbons (Fsp3) is 0.500. The summed E-state index contributed by atoms with van der Waals surface area (Å²) in [5, 5.41) is 2.38. The van der Waals surface area contributed by atoms with Crippen LogP contribution in [-0.4, -0.2) is 25.0 Å². The second kappa shape index (κ2) is 5.06. The molecular weight excluding hydrogens is 270 g/mol. The number of imide groups is 1. The topological polar surface area (TPSA) is 64.6 Å². The van der Waals surface area contributed by atoms with Gasteiger partial charge in [-0.3, -0.25) is 14.9 Å². The SMILES string of the molecule is COc1cc2c(cc1C1CC(=O)NC(=O)C1C)OC(C)C2. The highest BCUT2D eigenvalue weighted by Gasteiger charge is 2.36. The third kappa shape index (κ3) is 2.37. The van der Waals surface area contributed by atoms with Crippen LogP contribution in [0.5, 0.6) is 11.5 Å². The van der Waals surface area contributed by atoms with Crippen LogP contribution in [0.1, 0.15) is 37.3 Å². The van der Waals surface area contributed by atoms with E-state index >= 15 is 0 Å². The third-order valence-corrected chi connectivity index (χ3v) is 4.33. The lowest BCUT2D eigenvalue weighted by Gasteiger charge is -2.29. The molecule has 3 atom stereocenters. The first-order valence-electron chi connectivity index (χ1n) is 7.20. The molecule has 0 bridgehead atoms. The van der Waals surface area contributed by atoms with Gasteiger partial charge in [0, 0.05) is 35.8 Å². The fourth-order valence-electron chi connectivity index (χ4n) is 3.16. The van der Waals surface area contributed by atoms with Crippen molar-refractivity contribution in [2.45, 2.75) is 38.7 Å². The van der Waals surface area contributed by atoms with Crippen molar-refractivity contribution in [1.82, 2.24) is 5.32 Å². The minimum absolute atomic E-state index is 0.147. The number of carbonyl (C=O) groups is 2. The van der Waals surface area contributed by atoms with E-state index in [1.165, 1.54) is 0 Å².